The van der Waals surface area contributed by atoms with Gasteiger partial charge in [0.25, 0.3) is 0 Å². The van der Waals surface area contributed by atoms with Crippen molar-refractivity contribution in [2.45, 2.75) is 13.0 Å². The zero-order valence-electron chi connectivity index (χ0n) is 13.0. The number of furan rings is 1. The van der Waals surface area contributed by atoms with Gasteiger partial charge in [-0.05, 0) is 25.1 Å². The summed E-state index contributed by atoms with van der Waals surface area (Å²) in [4.78, 5) is 12.0. The molecule has 6 heteroatoms. The maximum absolute atomic E-state index is 12.0. The van der Waals surface area contributed by atoms with E-state index in [4.69, 9.17) is 4.42 Å². The minimum atomic E-state index is -0.944. The Morgan fingerprint density at radius 3 is 2.70 bits per heavy atom. The van der Waals surface area contributed by atoms with Gasteiger partial charge in [-0.3, -0.25) is 4.21 Å². The summed E-state index contributed by atoms with van der Waals surface area (Å²) in [7, 11) is -0.944. The summed E-state index contributed by atoms with van der Waals surface area (Å²) in [6.07, 6.45) is 1.62. The first-order chi connectivity index (χ1) is 11.0. The number of anilines is 1. The fourth-order valence-corrected chi connectivity index (χ4v) is 3.38. The molecular weight excluding hydrogens is 312 g/mol. The number of fused-ring (bicyclic) bond motifs is 3. The molecule has 23 heavy (non-hydrogen) atoms. The van der Waals surface area contributed by atoms with Crippen molar-refractivity contribution in [3.05, 3.63) is 42.5 Å². The Balaban J connectivity index is 1.77. The molecule has 1 heterocycles. The summed E-state index contributed by atoms with van der Waals surface area (Å²) < 4.78 is 16.9. The second kappa shape index (κ2) is 6.42. The molecule has 2 amide bonds. The molecule has 2 N–H and O–H groups in total. The topological polar surface area (TPSA) is 71.3 Å². The molecule has 5 nitrogen and oxygen atoms in total. The normalized spacial score (nSPS) is 13.8. The highest BCUT2D eigenvalue weighted by atomic mass is 32.2. The van der Waals surface area contributed by atoms with Crippen LogP contribution in [0.15, 0.2) is 46.9 Å². The van der Waals surface area contributed by atoms with Crippen molar-refractivity contribution in [1.29, 1.82) is 0 Å². The minimum absolute atomic E-state index is 0.157. The fourth-order valence-electron chi connectivity index (χ4n) is 2.59. The van der Waals surface area contributed by atoms with E-state index in [9.17, 15) is 9.00 Å². The summed E-state index contributed by atoms with van der Waals surface area (Å²) >= 11 is 0. The van der Waals surface area contributed by atoms with Crippen molar-refractivity contribution < 1.29 is 13.4 Å². The quantitative estimate of drug-likeness (QED) is 0.769. The highest BCUT2D eigenvalue weighted by molar-refractivity contribution is 7.84. The summed E-state index contributed by atoms with van der Waals surface area (Å²) in [5.41, 5.74) is 2.20. The predicted molar refractivity (Wildman–Crippen MR) is 94.3 cm³/mol. The standard InChI is InChI=1S/C17H18N2O3S/c1-11(10-23(2)21)18-17(20)19-12-7-8-14-13-5-3-4-6-15(13)22-16(14)9-12/h3-9,11H,10H2,1-2H3,(H2,18,19,20)/t11-,23-/m0/s1. The highest BCUT2D eigenvalue weighted by Crippen LogP contribution is 2.30. The van der Waals surface area contributed by atoms with E-state index in [0.29, 0.717) is 11.4 Å². The highest BCUT2D eigenvalue weighted by Gasteiger charge is 2.11. The Labute approximate surface area is 136 Å². The lowest BCUT2D eigenvalue weighted by molar-refractivity contribution is 0.250. The Morgan fingerprint density at radius 1 is 1.17 bits per heavy atom. The molecule has 0 radical (unpaired) electrons. The van der Waals surface area contributed by atoms with Gasteiger partial charge in [0.1, 0.15) is 11.2 Å². The predicted octanol–water partition coefficient (Wildman–Crippen LogP) is 3.47. The zero-order valence-corrected chi connectivity index (χ0v) is 13.8. The molecule has 1 aromatic heterocycles. The molecule has 0 bridgehead atoms. The monoisotopic (exact) mass is 330 g/mol. The molecule has 2 aromatic carbocycles. The van der Waals surface area contributed by atoms with E-state index in [0.717, 1.165) is 21.9 Å². The molecule has 0 unspecified atom stereocenters. The molecule has 2 atom stereocenters. The van der Waals surface area contributed by atoms with E-state index in [1.165, 1.54) is 0 Å². The van der Waals surface area contributed by atoms with Crippen molar-refractivity contribution in [3.63, 3.8) is 0 Å². The average molecular weight is 330 g/mol. The van der Waals surface area contributed by atoms with Crippen molar-refractivity contribution in [1.82, 2.24) is 5.32 Å². The van der Waals surface area contributed by atoms with Gasteiger partial charge >= 0.3 is 6.03 Å². The molecule has 3 aromatic rings. The van der Waals surface area contributed by atoms with Gasteiger partial charge in [0.15, 0.2) is 0 Å². The molecule has 0 aliphatic rings. The van der Waals surface area contributed by atoms with Gasteiger partial charge in [0, 0.05) is 51.4 Å². The van der Waals surface area contributed by atoms with Crippen molar-refractivity contribution in [3.8, 4) is 0 Å². The van der Waals surface area contributed by atoms with E-state index in [1.54, 1.807) is 12.3 Å². The van der Waals surface area contributed by atoms with Crippen LogP contribution in [0.2, 0.25) is 0 Å². The summed E-state index contributed by atoms with van der Waals surface area (Å²) in [6, 6.07) is 12.9. The molecular formula is C17H18N2O3S. The number of amides is 2. The van der Waals surface area contributed by atoms with Crippen LogP contribution in [-0.2, 0) is 10.8 Å². The second-order valence-corrected chi connectivity index (χ2v) is 7.03. The fraction of sp³-hybridized carbons (Fsp3) is 0.235. The number of urea groups is 1. The van der Waals surface area contributed by atoms with E-state index in [2.05, 4.69) is 10.6 Å². The van der Waals surface area contributed by atoms with Crippen LogP contribution in [0.25, 0.3) is 21.9 Å². The number of para-hydroxylation sites is 1. The summed E-state index contributed by atoms with van der Waals surface area (Å²) in [5.74, 6) is 0.427. The Bertz CT molecular complexity index is 888. The lowest BCUT2D eigenvalue weighted by atomic mass is 10.1. The number of carbonyl (C=O) groups excluding carboxylic acids is 1. The maximum atomic E-state index is 12.0. The van der Waals surface area contributed by atoms with Crippen molar-refractivity contribution >= 4 is 44.5 Å². The van der Waals surface area contributed by atoms with Gasteiger partial charge in [-0.2, -0.15) is 0 Å². The molecule has 0 saturated carbocycles. The summed E-state index contributed by atoms with van der Waals surface area (Å²) in [5, 5.41) is 7.60. The Morgan fingerprint density at radius 2 is 1.91 bits per heavy atom. The number of nitrogens with one attached hydrogen (secondary N) is 2. The number of rotatable bonds is 4. The van der Waals surface area contributed by atoms with Crippen LogP contribution in [0.3, 0.4) is 0 Å². The number of benzene rings is 2. The molecule has 120 valence electrons. The molecule has 0 aliphatic carbocycles. The van der Waals surface area contributed by atoms with E-state index in [-0.39, 0.29) is 12.1 Å². The Kier molecular flexibility index (Phi) is 4.34. The average Bonchev–Trinajstić information content (AvgIpc) is 2.83. The van der Waals surface area contributed by atoms with Gasteiger partial charge in [0.2, 0.25) is 0 Å². The van der Waals surface area contributed by atoms with Crippen LogP contribution in [0.4, 0.5) is 10.5 Å². The molecule has 3 rings (SSSR count). The molecule has 0 fully saturated rings. The van der Waals surface area contributed by atoms with Gasteiger partial charge in [-0.1, -0.05) is 18.2 Å². The van der Waals surface area contributed by atoms with E-state index >= 15 is 0 Å². The van der Waals surface area contributed by atoms with Crippen molar-refractivity contribution in [2.24, 2.45) is 0 Å². The maximum Gasteiger partial charge on any atom is 0.319 e. The summed E-state index contributed by atoms with van der Waals surface area (Å²) in [6.45, 7) is 1.82. The van der Waals surface area contributed by atoms with Crippen LogP contribution < -0.4 is 10.6 Å². The van der Waals surface area contributed by atoms with Crippen LogP contribution in [0.5, 0.6) is 0 Å². The first kappa shape index (κ1) is 15.6. The van der Waals surface area contributed by atoms with E-state index in [1.807, 2.05) is 43.3 Å². The van der Waals surface area contributed by atoms with Gasteiger partial charge < -0.3 is 15.1 Å². The van der Waals surface area contributed by atoms with E-state index < -0.39 is 10.8 Å². The van der Waals surface area contributed by atoms with Crippen LogP contribution >= 0.6 is 0 Å². The number of hydrogen-bond donors (Lipinski definition) is 2. The zero-order chi connectivity index (χ0) is 16.4. The smallest absolute Gasteiger partial charge is 0.319 e. The second-order valence-electron chi connectivity index (χ2n) is 5.55. The van der Waals surface area contributed by atoms with Gasteiger partial charge in [-0.15, -0.1) is 0 Å². The largest absolute Gasteiger partial charge is 0.456 e. The number of carbonyl (C=O) groups is 1. The van der Waals surface area contributed by atoms with Crippen LogP contribution in [-0.4, -0.2) is 28.3 Å². The SMILES string of the molecule is C[C@@H](C[S@](C)=O)NC(=O)Nc1ccc2c(c1)oc1ccccc12. The Hall–Kier alpha value is -2.34. The third-order valence-corrected chi connectivity index (χ3v) is 4.47. The third-order valence-electron chi connectivity index (χ3n) is 3.50. The molecule has 0 spiro atoms. The van der Waals surface area contributed by atoms with Crippen LogP contribution in [0.1, 0.15) is 6.92 Å². The third kappa shape index (κ3) is 3.53. The van der Waals surface area contributed by atoms with Gasteiger partial charge in [-0.25, -0.2) is 4.79 Å². The first-order valence-electron chi connectivity index (χ1n) is 7.32. The molecule has 0 saturated heterocycles. The molecule has 0 aliphatic heterocycles. The minimum Gasteiger partial charge on any atom is -0.456 e. The lowest BCUT2D eigenvalue weighted by Gasteiger charge is -2.13. The van der Waals surface area contributed by atoms with Crippen molar-refractivity contribution in [2.75, 3.05) is 17.3 Å². The number of hydrogen-bond acceptors (Lipinski definition) is 3. The lowest BCUT2D eigenvalue weighted by Crippen LogP contribution is -2.39. The van der Waals surface area contributed by atoms with Crippen LogP contribution in [0, 0.1) is 0 Å². The first-order valence-corrected chi connectivity index (χ1v) is 9.04. The van der Waals surface area contributed by atoms with Gasteiger partial charge in [0.05, 0.1) is 0 Å².